The van der Waals surface area contributed by atoms with Crippen LogP contribution in [-0.4, -0.2) is 24.0 Å². The number of hydrogen-bond donors (Lipinski definition) is 0. The maximum atomic E-state index is 11.8. The summed E-state index contributed by atoms with van der Waals surface area (Å²) < 4.78 is 5.10. The second-order valence-corrected chi connectivity index (χ2v) is 4.42. The van der Waals surface area contributed by atoms with Gasteiger partial charge in [0.1, 0.15) is 5.75 Å². The van der Waals surface area contributed by atoms with E-state index in [9.17, 15) is 4.79 Å². The van der Waals surface area contributed by atoms with Gasteiger partial charge in [0.2, 0.25) is 5.91 Å². The van der Waals surface area contributed by atoms with E-state index in [1.54, 1.807) is 7.11 Å². The van der Waals surface area contributed by atoms with Gasteiger partial charge in [0.05, 0.1) is 19.6 Å². The van der Waals surface area contributed by atoms with Gasteiger partial charge < -0.3 is 9.64 Å². The maximum Gasteiger partial charge on any atom is 0.223 e. The first-order valence-electron chi connectivity index (χ1n) is 6.04. The molecule has 1 aromatic rings. The van der Waals surface area contributed by atoms with Crippen molar-refractivity contribution in [3.8, 4) is 11.8 Å². The number of methoxy groups -OCH3 is 1. The van der Waals surface area contributed by atoms with Gasteiger partial charge >= 0.3 is 0 Å². The van der Waals surface area contributed by atoms with Crippen LogP contribution in [0.15, 0.2) is 24.3 Å². The van der Waals surface area contributed by atoms with E-state index in [0.717, 1.165) is 17.7 Å². The molecule has 0 bridgehead atoms. The number of rotatable bonds is 4. The molecule has 4 nitrogen and oxygen atoms in total. The van der Waals surface area contributed by atoms with Crippen LogP contribution in [0.4, 0.5) is 0 Å². The van der Waals surface area contributed by atoms with Crippen molar-refractivity contribution in [2.45, 2.75) is 31.8 Å². The molecule has 0 saturated carbocycles. The van der Waals surface area contributed by atoms with Gasteiger partial charge in [-0.05, 0) is 24.1 Å². The molecule has 1 atom stereocenters. The average molecular weight is 244 g/mol. The van der Waals surface area contributed by atoms with Crippen LogP contribution >= 0.6 is 0 Å². The van der Waals surface area contributed by atoms with Crippen LogP contribution in [0.3, 0.4) is 0 Å². The summed E-state index contributed by atoms with van der Waals surface area (Å²) in [7, 11) is 1.63. The van der Waals surface area contributed by atoms with Crippen LogP contribution in [0.5, 0.6) is 5.75 Å². The summed E-state index contributed by atoms with van der Waals surface area (Å²) in [4.78, 5) is 13.6. The third kappa shape index (κ3) is 2.62. The predicted molar refractivity (Wildman–Crippen MR) is 66.8 cm³/mol. The Morgan fingerprint density at radius 1 is 1.44 bits per heavy atom. The summed E-state index contributed by atoms with van der Waals surface area (Å²) in [6, 6.07) is 9.90. The minimum Gasteiger partial charge on any atom is -0.497 e. The number of ether oxygens (including phenoxy) is 1. The average Bonchev–Trinajstić information content (AvgIpc) is 2.73. The Balaban J connectivity index is 2.06. The van der Waals surface area contributed by atoms with Gasteiger partial charge in [-0.25, -0.2) is 0 Å². The number of hydrogen-bond acceptors (Lipinski definition) is 3. The highest BCUT2D eigenvalue weighted by atomic mass is 16.5. The van der Waals surface area contributed by atoms with Gasteiger partial charge in [0.15, 0.2) is 0 Å². The number of nitriles is 1. The van der Waals surface area contributed by atoms with E-state index in [0.29, 0.717) is 19.4 Å². The Labute approximate surface area is 107 Å². The molecule has 0 radical (unpaired) electrons. The lowest BCUT2D eigenvalue weighted by atomic mass is 10.1. The normalized spacial score (nSPS) is 18.8. The Hall–Kier alpha value is -2.02. The largest absolute Gasteiger partial charge is 0.497 e. The molecular formula is C14H16N2O2. The second-order valence-electron chi connectivity index (χ2n) is 4.42. The summed E-state index contributed by atoms with van der Waals surface area (Å²) in [6.45, 7) is 0.579. The van der Waals surface area contributed by atoms with Crippen molar-refractivity contribution in [2.75, 3.05) is 7.11 Å². The summed E-state index contributed by atoms with van der Waals surface area (Å²) in [6.07, 6.45) is 1.77. The van der Waals surface area contributed by atoms with Crippen LogP contribution < -0.4 is 4.74 Å². The van der Waals surface area contributed by atoms with Gasteiger partial charge in [-0.3, -0.25) is 4.79 Å². The van der Waals surface area contributed by atoms with E-state index in [1.165, 1.54) is 0 Å². The van der Waals surface area contributed by atoms with Crippen molar-refractivity contribution in [2.24, 2.45) is 0 Å². The monoisotopic (exact) mass is 244 g/mol. The molecule has 0 spiro atoms. The molecule has 0 aromatic heterocycles. The van der Waals surface area contributed by atoms with E-state index in [-0.39, 0.29) is 11.9 Å². The minimum absolute atomic E-state index is 0.0737. The zero-order chi connectivity index (χ0) is 13.0. The molecule has 94 valence electrons. The van der Waals surface area contributed by atoms with Crippen LogP contribution in [0.2, 0.25) is 0 Å². The minimum atomic E-state index is 0.0737. The molecule has 0 unspecified atom stereocenters. The third-order valence-corrected chi connectivity index (χ3v) is 3.29. The number of nitrogens with zero attached hydrogens (tertiary/aromatic N) is 2. The van der Waals surface area contributed by atoms with Crippen molar-refractivity contribution < 1.29 is 9.53 Å². The van der Waals surface area contributed by atoms with E-state index in [2.05, 4.69) is 6.07 Å². The molecule has 1 aliphatic rings. The molecule has 1 aromatic carbocycles. The Bertz CT molecular complexity index is 462. The first-order valence-corrected chi connectivity index (χ1v) is 6.04. The van der Waals surface area contributed by atoms with Crippen LogP contribution in [0, 0.1) is 11.3 Å². The zero-order valence-electron chi connectivity index (χ0n) is 10.4. The first-order chi connectivity index (χ1) is 8.74. The van der Waals surface area contributed by atoms with E-state index >= 15 is 0 Å². The molecular weight excluding hydrogens is 228 g/mol. The number of amides is 1. The number of likely N-dealkylation sites (tertiary alicyclic amines) is 1. The fourth-order valence-corrected chi connectivity index (χ4v) is 2.26. The standard InChI is InChI=1S/C14H16N2O2/c1-18-13-5-2-11(3-6-13)10-16-12(8-9-15)4-7-14(16)17/h2-3,5-6,12H,4,7-8,10H2,1H3/t12-/m0/s1. The van der Waals surface area contributed by atoms with Crippen molar-refractivity contribution in [3.63, 3.8) is 0 Å². The van der Waals surface area contributed by atoms with Gasteiger partial charge in [-0.15, -0.1) is 0 Å². The maximum absolute atomic E-state index is 11.8. The summed E-state index contributed by atoms with van der Waals surface area (Å²) >= 11 is 0. The Morgan fingerprint density at radius 2 is 2.17 bits per heavy atom. The zero-order valence-corrected chi connectivity index (χ0v) is 10.4. The lowest BCUT2D eigenvalue weighted by molar-refractivity contribution is -0.129. The highest BCUT2D eigenvalue weighted by molar-refractivity contribution is 5.78. The molecule has 1 amide bonds. The Morgan fingerprint density at radius 3 is 2.78 bits per heavy atom. The van der Waals surface area contributed by atoms with Crippen LogP contribution in [0.25, 0.3) is 0 Å². The smallest absolute Gasteiger partial charge is 0.223 e. The Kier molecular flexibility index (Phi) is 3.83. The predicted octanol–water partition coefficient (Wildman–Crippen LogP) is 2.10. The van der Waals surface area contributed by atoms with E-state index in [4.69, 9.17) is 10.00 Å². The topological polar surface area (TPSA) is 53.3 Å². The van der Waals surface area contributed by atoms with E-state index < -0.39 is 0 Å². The van der Waals surface area contributed by atoms with Crippen molar-refractivity contribution >= 4 is 5.91 Å². The van der Waals surface area contributed by atoms with Gasteiger partial charge in [0, 0.05) is 19.0 Å². The van der Waals surface area contributed by atoms with E-state index in [1.807, 2.05) is 29.2 Å². The molecule has 1 heterocycles. The summed E-state index contributed by atoms with van der Waals surface area (Å²) in [5, 5.41) is 8.76. The molecule has 1 aliphatic heterocycles. The third-order valence-electron chi connectivity index (χ3n) is 3.29. The molecule has 4 heteroatoms. The van der Waals surface area contributed by atoms with Crippen molar-refractivity contribution in [1.29, 1.82) is 5.26 Å². The highest BCUT2D eigenvalue weighted by Crippen LogP contribution is 2.24. The van der Waals surface area contributed by atoms with Crippen molar-refractivity contribution in [1.82, 2.24) is 4.90 Å². The molecule has 2 rings (SSSR count). The second kappa shape index (κ2) is 5.54. The van der Waals surface area contributed by atoms with Crippen LogP contribution in [-0.2, 0) is 11.3 Å². The first kappa shape index (κ1) is 12.4. The van der Waals surface area contributed by atoms with Crippen molar-refractivity contribution in [3.05, 3.63) is 29.8 Å². The quantitative estimate of drug-likeness (QED) is 0.815. The molecule has 0 aliphatic carbocycles. The SMILES string of the molecule is COc1ccc(CN2C(=O)CC[C@H]2CC#N)cc1. The molecule has 1 fully saturated rings. The fourth-order valence-electron chi connectivity index (χ4n) is 2.26. The number of carbonyl (C=O) groups excluding carboxylic acids is 1. The summed E-state index contributed by atoms with van der Waals surface area (Å²) in [5.41, 5.74) is 1.06. The summed E-state index contributed by atoms with van der Waals surface area (Å²) in [5.74, 6) is 0.950. The van der Waals surface area contributed by atoms with Crippen LogP contribution in [0.1, 0.15) is 24.8 Å². The van der Waals surface area contributed by atoms with Gasteiger partial charge in [-0.2, -0.15) is 5.26 Å². The van der Waals surface area contributed by atoms with Gasteiger partial charge in [0.25, 0.3) is 0 Å². The lowest BCUT2D eigenvalue weighted by Gasteiger charge is -2.23. The fraction of sp³-hybridized carbons (Fsp3) is 0.429. The highest BCUT2D eigenvalue weighted by Gasteiger charge is 2.30. The molecule has 1 saturated heterocycles. The number of carbonyl (C=O) groups is 1. The van der Waals surface area contributed by atoms with Gasteiger partial charge in [-0.1, -0.05) is 12.1 Å². The number of benzene rings is 1. The molecule has 0 N–H and O–H groups in total. The molecule has 18 heavy (non-hydrogen) atoms. The lowest BCUT2D eigenvalue weighted by Crippen LogP contribution is -2.32.